The lowest BCUT2D eigenvalue weighted by atomic mass is 9.98. The smallest absolute Gasteiger partial charge is 0.123 e. The van der Waals surface area contributed by atoms with Crippen LogP contribution in [0.1, 0.15) is 11.1 Å². The molecule has 270 valence electrons. The third-order valence-corrected chi connectivity index (χ3v) is 10.8. The Morgan fingerprint density at radius 2 is 0.912 bits per heavy atom. The first-order chi connectivity index (χ1) is 28.2. The summed E-state index contributed by atoms with van der Waals surface area (Å²) in [5.74, 6) is -0.257. The molecule has 2 nitrogen and oxygen atoms in total. The van der Waals surface area contributed by atoms with Gasteiger partial charge in [-0.25, -0.2) is 4.39 Å². The minimum atomic E-state index is -0.257. The molecular formula is C54H37FN2. The van der Waals surface area contributed by atoms with Gasteiger partial charge in [0.2, 0.25) is 0 Å². The Kier molecular flexibility index (Phi) is 8.74. The first-order valence-corrected chi connectivity index (χ1v) is 19.3. The minimum absolute atomic E-state index is 0.257. The van der Waals surface area contributed by atoms with Crippen LogP contribution in [0.3, 0.4) is 0 Å². The predicted octanol–water partition coefficient (Wildman–Crippen LogP) is 15.1. The van der Waals surface area contributed by atoms with Crippen molar-refractivity contribution in [3.05, 3.63) is 229 Å². The Bertz CT molecular complexity index is 2970. The van der Waals surface area contributed by atoms with E-state index in [1.54, 1.807) is 0 Å². The highest BCUT2D eigenvalue weighted by atomic mass is 19.1. The van der Waals surface area contributed by atoms with Gasteiger partial charge in [-0.2, -0.15) is 0 Å². The molecule has 0 N–H and O–H groups in total. The molecule has 0 fully saturated rings. The highest BCUT2D eigenvalue weighted by Crippen LogP contribution is 2.43. The van der Waals surface area contributed by atoms with Crippen molar-refractivity contribution < 1.29 is 4.39 Å². The molecule has 1 aromatic heterocycles. The lowest BCUT2D eigenvalue weighted by Gasteiger charge is -2.26. The normalized spacial score (nSPS) is 11.5. The first-order valence-electron chi connectivity index (χ1n) is 19.3. The summed E-state index contributed by atoms with van der Waals surface area (Å²) in [4.78, 5) is 2.33. The van der Waals surface area contributed by atoms with Crippen molar-refractivity contribution in [3.8, 4) is 28.1 Å². The van der Waals surface area contributed by atoms with Crippen molar-refractivity contribution in [1.29, 1.82) is 0 Å². The maximum absolute atomic E-state index is 14.3. The lowest BCUT2D eigenvalue weighted by molar-refractivity contribution is 0.627. The molecule has 9 aromatic carbocycles. The van der Waals surface area contributed by atoms with Crippen molar-refractivity contribution in [1.82, 2.24) is 4.57 Å². The fourth-order valence-corrected chi connectivity index (χ4v) is 8.04. The number of anilines is 3. The zero-order valence-corrected chi connectivity index (χ0v) is 31.1. The average Bonchev–Trinajstić information content (AvgIpc) is 3.61. The van der Waals surface area contributed by atoms with Crippen LogP contribution in [0, 0.1) is 5.82 Å². The van der Waals surface area contributed by atoms with Crippen molar-refractivity contribution in [2.45, 2.75) is 0 Å². The second-order valence-corrected chi connectivity index (χ2v) is 14.4. The van der Waals surface area contributed by atoms with E-state index >= 15 is 0 Å². The fourth-order valence-electron chi connectivity index (χ4n) is 8.04. The number of fused-ring (bicyclic) bond motifs is 3. The lowest BCUT2D eigenvalue weighted by Crippen LogP contribution is -2.09. The van der Waals surface area contributed by atoms with Crippen LogP contribution in [0.4, 0.5) is 21.5 Å². The number of halogens is 1. The van der Waals surface area contributed by atoms with Gasteiger partial charge in [-0.05, 0) is 111 Å². The molecule has 0 aliphatic carbocycles. The Morgan fingerprint density at radius 1 is 0.404 bits per heavy atom. The van der Waals surface area contributed by atoms with Gasteiger partial charge >= 0.3 is 0 Å². The van der Waals surface area contributed by atoms with E-state index in [1.807, 2.05) is 24.3 Å². The summed E-state index contributed by atoms with van der Waals surface area (Å²) in [6, 6.07) is 73.5. The Morgan fingerprint density at radius 3 is 1.53 bits per heavy atom. The number of nitrogens with zero attached hydrogens (tertiary/aromatic N) is 2. The van der Waals surface area contributed by atoms with Gasteiger partial charge < -0.3 is 9.47 Å². The summed E-state index contributed by atoms with van der Waals surface area (Å²) in [5.41, 5.74) is 11.9. The molecule has 3 heteroatoms. The number of benzene rings is 9. The predicted molar refractivity (Wildman–Crippen MR) is 239 cm³/mol. The van der Waals surface area contributed by atoms with Crippen molar-refractivity contribution in [2.24, 2.45) is 0 Å². The summed E-state index contributed by atoms with van der Waals surface area (Å²) in [7, 11) is 0. The van der Waals surface area contributed by atoms with E-state index in [9.17, 15) is 4.39 Å². The fraction of sp³-hybridized carbons (Fsp3) is 0. The Labute approximate surface area is 331 Å². The quantitative estimate of drug-likeness (QED) is 0.141. The van der Waals surface area contributed by atoms with Crippen LogP contribution < -0.4 is 4.90 Å². The third kappa shape index (κ3) is 6.56. The van der Waals surface area contributed by atoms with Gasteiger partial charge in [-0.3, -0.25) is 0 Å². The highest BCUT2D eigenvalue weighted by Gasteiger charge is 2.21. The van der Waals surface area contributed by atoms with Crippen molar-refractivity contribution in [2.75, 3.05) is 4.90 Å². The van der Waals surface area contributed by atoms with Crippen LogP contribution in [0.2, 0.25) is 0 Å². The number of hydrogen-bond donors (Lipinski definition) is 0. The summed E-state index contributed by atoms with van der Waals surface area (Å²) >= 11 is 0. The maximum atomic E-state index is 14.3. The van der Waals surface area contributed by atoms with Gasteiger partial charge in [-0.1, -0.05) is 158 Å². The van der Waals surface area contributed by atoms with Gasteiger partial charge in [0, 0.05) is 33.7 Å². The molecule has 0 radical (unpaired) electrons. The standard InChI is InChI=1S/C54H37FN2/c55-46-26-32-48(33-27-46)57-52-35-39(23-34-51(52)53(42-13-3-1-4-14-42)54(57)43-15-5-2-6-16-43)20-19-38-21-28-47(29-22-38)56(49-30-24-40-11-7-9-17-44(40)36-49)50-31-25-41-12-8-10-18-45(41)37-50/h1-37H. The number of hydrogen-bond acceptors (Lipinski definition) is 1. The minimum Gasteiger partial charge on any atom is -0.310 e. The molecule has 0 aliphatic rings. The largest absolute Gasteiger partial charge is 0.310 e. The van der Waals surface area contributed by atoms with Crippen LogP contribution in [-0.4, -0.2) is 4.57 Å². The number of aromatic nitrogens is 1. The van der Waals surface area contributed by atoms with Gasteiger partial charge in [0.25, 0.3) is 0 Å². The van der Waals surface area contributed by atoms with Crippen LogP contribution in [0.15, 0.2) is 212 Å². The Balaban J connectivity index is 1.05. The monoisotopic (exact) mass is 732 g/mol. The topological polar surface area (TPSA) is 8.17 Å². The number of rotatable bonds is 8. The van der Waals surface area contributed by atoms with Gasteiger partial charge in [0.15, 0.2) is 0 Å². The maximum Gasteiger partial charge on any atom is 0.123 e. The molecule has 0 bridgehead atoms. The van der Waals surface area contributed by atoms with Crippen LogP contribution in [-0.2, 0) is 0 Å². The molecule has 0 saturated heterocycles. The Hall–Kier alpha value is -7.49. The first kappa shape index (κ1) is 34.0. The van der Waals surface area contributed by atoms with E-state index in [2.05, 4.69) is 198 Å². The van der Waals surface area contributed by atoms with E-state index in [-0.39, 0.29) is 5.82 Å². The molecule has 0 aliphatic heterocycles. The van der Waals surface area contributed by atoms with Crippen molar-refractivity contribution >= 4 is 61.7 Å². The zero-order chi connectivity index (χ0) is 38.1. The van der Waals surface area contributed by atoms with E-state index in [0.29, 0.717) is 0 Å². The SMILES string of the molecule is Fc1ccc(-n2c(-c3ccccc3)c(-c3ccccc3)c3ccc(C=Cc4ccc(N(c5ccc6ccccc6c5)c5ccc6ccccc6c5)cc4)cc32)cc1. The molecule has 10 aromatic rings. The molecule has 1 heterocycles. The van der Waals surface area contributed by atoms with E-state index in [1.165, 1.54) is 33.7 Å². The second kappa shape index (κ2) is 14.6. The summed E-state index contributed by atoms with van der Waals surface area (Å²) in [6.07, 6.45) is 4.34. The van der Waals surface area contributed by atoms with Crippen LogP contribution in [0.25, 0.3) is 72.7 Å². The molecule has 0 unspecified atom stereocenters. The molecule has 0 saturated carbocycles. The third-order valence-electron chi connectivity index (χ3n) is 10.8. The average molecular weight is 733 g/mol. The zero-order valence-electron chi connectivity index (χ0n) is 31.1. The molecule has 0 amide bonds. The van der Waals surface area contributed by atoms with Gasteiger partial charge in [0.1, 0.15) is 5.82 Å². The van der Waals surface area contributed by atoms with E-state index in [0.717, 1.165) is 67.2 Å². The highest BCUT2D eigenvalue weighted by molar-refractivity contribution is 6.06. The molecule has 10 rings (SSSR count). The molecular weight excluding hydrogens is 696 g/mol. The van der Waals surface area contributed by atoms with Gasteiger partial charge in [-0.15, -0.1) is 0 Å². The van der Waals surface area contributed by atoms with Crippen molar-refractivity contribution in [3.63, 3.8) is 0 Å². The van der Waals surface area contributed by atoms with E-state index in [4.69, 9.17) is 0 Å². The molecule has 0 atom stereocenters. The second-order valence-electron chi connectivity index (χ2n) is 14.4. The van der Waals surface area contributed by atoms with Crippen LogP contribution >= 0.6 is 0 Å². The van der Waals surface area contributed by atoms with E-state index < -0.39 is 0 Å². The summed E-state index contributed by atoms with van der Waals surface area (Å²) < 4.78 is 16.5. The summed E-state index contributed by atoms with van der Waals surface area (Å²) in [5, 5.41) is 5.98. The van der Waals surface area contributed by atoms with Crippen LogP contribution in [0.5, 0.6) is 0 Å². The van der Waals surface area contributed by atoms with Gasteiger partial charge in [0.05, 0.1) is 11.2 Å². The summed E-state index contributed by atoms with van der Waals surface area (Å²) in [6.45, 7) is 0. The molecule has 0 spiro atoms. The molecule has 57 heavy (non-hydrogen) atoms.